The van der Waals surface area contributed by atoms with E-state index in [-0.39, 0.29) is 12.8 Å². The molecule has 0 amide bonds. The Kier molecular flexibility index (Phi) is 5.51. The summed E-state index contributed by atoms with van der Waals surface area (Å²) in [5.41, 5.74) is 0. The van der Waals surface area contributed by atoms with Gasteiger partial charge in [0.2, 0.25) is 0 Å². The van der Waals surface area contributed by atoms with Gasteiger partial charge in [0.15, 0.2) is 0 Å². The second kappa shape index (κ2) is 6.93. The highest BCUT2D eigenvalue weighted by Gasteiger charge is 2.18. The van der Waals surface area contributed by atoms with Gasteiger partial charge in [0, 0.05) is 11.3 Å². The van der Waals surface area contributed by atoms with Crippen LogP contribution in [0.4, 0.5) is 0 Å². The van der Waals surface area contributed by atoms with Crippen molar-refractivity contribution >= 4 is 23.9 Å². The molecule has 0 saturated heterocycles. The molecule has 0 heterocycles. The van der Waals surface area contributed by atoms with Crippen LogP contribution < -0.4 is 4.72 Å². The van der Waals surface area contributed by atoms with Crippen molar-refractivity contribution < 1.29 is 19.8 Å². The fourth-order valence-electron chi connectivity index (χ4n) is 1.13. The number of hydrogen-bond acceptors (Lipinski definition) is 4. The molecular formula is C11H13NO4S. The van der Waals surface area contributed by atoms with Gasteiger partial charge in [-0.2, -0.15) is 0 Å². The minimum atomic E-state index is -1.05. The summed E-state index contributed by atoms with van der Waals surface area (Å²) in [5.74, 6) is -2.04. The lowest BCUT2D eigenvalue weighted by atomic mass is 10.2. The van der Waals surface area contributed by atoms with Crippen molar-refractivity contribution in [2.45, 2.75) is 23.8 Å². The van der Waals surface area contributed by atoms with Crippen LogP contribution in [0.2, 0.25) is 0 Å². The molecule has 0 fully saturated rings. The molecule has 1 atom stereocenters. The molecule has 5 nitrogen and oxygen atoms in total. The first-order valence-electron chi connectivity index (χ1n) is 5.01. The third-order valence-electron chi connectivity index (χ3n) is 2.01. The first kappa shape index (κ1) is 13.5. The summed E-state index contributed by atoms with van der Waals surface area (Å²) in [6.07, 6.45) is -0.107. The summed E-state index contributed by atoms with van der Waals surface area (Å²) >= 11 is 1.18. The van der Waals surface area contributed by atoms with Gasteiger partial charge < -0.3 is 10.2 Å². The molecule has 0 aromatic heterocycles. The highest BCUT2D eigenvalue weighted by Crippen LogP contribution is 2.15. The van der Waals surface area contributed by atoms with E-state index < -0.39 is 18.0 Å². The van der Waals surface area contributed by atoms with Crippen molar-refractivity contribution in [2.75, 3.05) is 0 Å². The molecule has 1 aromatic carbocycles. The van der Waals surface area contributed by atoms with Crippen molar-refractivity contribution in [3.05, 3.63) is 30.3 Å². The van der Waals surface area contributed by atoms with E-state index in [1.165, 1.54) is 11.9 Å². The molecule has 1 aromatic rings. The largest absolute Gasteiger partial charge is 0.481 e. The molecule has 0 bridgehead atoms. The average Bonchev–Trinajstić information content (AvgIpc) is 2.29. The number of carbonyl (C=O) groups is 2. The molecule has 92 valence electrons. The molecule has 1 unspecified atom stereocenters. The number of rotatable bonds is 7. The van der Waals surface area contributed by atoms with Crippen LogP contribution in [-0.4, -0.2) is 28.2 Å². The third-order valence-corrected chi connectivity index (χ3v) is 2.92. The fraction of sp³-hybridized carbons (Fsp3) is 0.273. The monoisotopic (exact) mass is 255 g/mol. The Labute approximate surface area is 103 Å². The number of benzene rings is 1. The van der Waals surface area contributed by atoms with Crippen molar-refractivity contribution in [3.63, 3.8) is 0 Å². The van der Waals surface area contributed by atoms with Crippen molar-refractivity contribution in [2.24, 2.45) is 0 Å². The molecule has 3 N–H and O–H groups in total. The van der Waals surface area contributed by atoms with Gasteiger partial charge in [0.25, 0.3) is 0 Å². The zero-order valence-electron chi connectivity index (χ0n) is 9.00. The second-order valence-electron chi connectivity index (χ2n) is 3.36. The molecular weight excluding hydrogens is 242 g/mol. The summed E-state index contributed by atoms with van der Waals surface area (Å²) in [4.78, 5) is 22.1. The van der Waals surface area contributed by atoms with Crippen LogP contribution in [0.25, 0.3) is 0 Å². The minimum Gasteiger partial charge on any atom is -0.481 e. The van der Waals surface area contributed by atoms with Gasteiger partial charge in [0.1, 0.15) is 6.04 Å². The number of hydrogen-bond donors (Lipinski definition) is 3. The maximum Gasteiger partial charge on any atom is 0.321 e. The summed E-state index contributed by atoms with van der Waals surface area (Å²) in [5, 5.41) is 17.4. The van der Waals surface area contributed by atoms with E-state index in [0.29, 0.717) is 0 Å². The predicted molar refractivity (Wildman–Crippen MR) is 63.7 cm³/mol. The topological polar surface area (TPSA) is 86.6 Å². The van der Waals surface area contributed by atoms with Crippen LogP contribution in [0.15, 0.2) is 35.2 Å². The number of carboxylic acid groups (broad SMARTS) is 2. The molecule has 0 spiro atoms. The summed E-state index contributed by atoms with van der Waals surface area (Å²) in [6, 6.07) is 8.37. The van der Waals surface area contributed by atoms with Crippen LogP contribution >= 0.6 is 11.9 Å². The van der Waals surface area contributed by atoms with E-state index in [1.54, 1.807) is 0 Å². The Morgan fingerprint density at radius 2 is 1.88 bits per heavy atom. The van der Waals surface area contributed by atoms with E-state index in [4.69, 9.17) is 10.2 Å². The second-order valence-corrected chi connectivity index (χ2v) is 4.27. The Balaban J connectivity index is 2.45. The fourth-order valence-corrected chi connectivity index (χ4v) is 1.92. The van der Waals surface area contributed by atoms with E-state index in [0.717, 1.165) is 4.90 Å². The number of carboxylic acids is 2. The standard InChI is InChI=1S/C11H13NO4S/c13-10(14)7-6-9(11(15)16)12-17-8-4-2-1-3-5-8/h1-5,9,12H,6-7H2,(H,13,14)(H,15,16). The Bertz CT molecular complexity index is 382. The summed E-state index contributed by atoms with van der Waals surface area (Å²) in [7, 11) is 0. The zero-order valence-corrected chi connectivity index (χ0v) is 9.81. The lowest BCUT2D eigenvalue weighted by Gasteiger charge is -2.12. The van der Waals surface area contributed by atoms with Gasteiger partial charge in [-0.05, 0) is 30.5 Å². The van der Waals surface area contributed by atoms with E-state index >= 15 is 0 Å². The molecule has 0 radical (unpaired) electrons. The maximum absolute atomic E-state index is 10.9. The van der Waals surface area contributed by atoms with Crippen LogP contribution in [0.3, 0.4) is 0 Å². The smallest absolute Gasteiger partial charge is 0.321 e. The summed E-state index contributed by atoms with van der Waals surface area (Å²) in [6.45, 7) is 0. The first-order valence-corrected chi connectivity index (χ1v) is 5.83. The van der Waals surface area contributed by atoms with Gasteiger partial charge in [0.05, 0.1) is 0 Å². The van der Waals surface area contributed by atoms with Crippen molar-refractivity contribution in [1.82, 2.24) is 4.72 Å². The Morgan fingerprint density at radius 1 is 1.24 bits per heavy atom. The van der Waals surface area contributed by atoms with Crippen LogP contribution in [0.1, 0.15) is 12.8 Å². The van der Waals surface area contributed by atoms with Crippen LogP contribution in [-0.2, 0) is 9.59 Å². The van der Waals surface area contributed by atoms with Crippen molar-refractivity contribution in [3.8, 4) is 0 Å². The van der Waals surface area contributed by atoms with Crippen LogP contribution in [0, 0.1) is 0 Å². The lowest BCUT2D eigenvalue weighted by molar-refractivity contribution is -0.140. The molecule has 0 aliphatic carbocycles. The highest BCUT2D eigenvalue weighted by atomic mass is 32.2. The molecule has 0 saturated carbocycles. The molecule has 0 aliphatic rings. The van der Waals surface area contributed by atoms with Gasteiger partial charge in [-0.25, -0.2) is 4.72 Å². The normalized spacial score (nSPS) is 12.0. The number of nitrogens with one attached hydrogen (secondary N) is 1. The van der Waals surface area contributed by atoms with Gasteiger partial charge in [-0.1, -0.05) is 18.2 Å². The average molecular weight is 255 g/mol. The molecule has 17 heavy (non-hydrogen) atoms. The molecule has 0 aliphatic heterocycles. The molecule has 1 rings (SSSR count). The van der Waals surface area contributed by atoms with Gasteiger partial charge in [-0.3, -0.25) is 9.59 Å². The predicted octanol–water partition coefficient (Wildman–Crippen LogP) is 1.60. The van der Waals surface area contributed by atoms with Gasteiger partial charge >= 0.3 is 11.9 Å². The number of aliphatic carboxylic acids is 2. The third kappa shape index (κ3) is 5.37. The Hall–Kier alpha value is -1.53. The quantitative estimate of drug-likeness (QED) is 0.641. The van der Waals surface area contributed by atoms with E-state index in [2.05, 4.69) is 4.72 Å². The summed E-state index contributed by atoms with van der Waals surface area (Å²) < 4.78 is 2.74. The molecule has 6 heteroatoms. The highest BCUT2D eigenvalue weighted by molar-refractivity contribution is 7.97. The van der Waals surface area contributed by atoms with Crippen molar-refractivity contribution in [1.29, 1.82) is 0 Å². The van der Waals surface area contributed by atoms with Gasteiger partial charge in [-0.15, -0.1) is 0 Å². The lowest BCUT2D eigenvalue weighted by Crippen LogP contribution is -2.32. The minimum absolute atomic E-state index is 0.0600. The Morgan fingerprint density at radius 3 is 2.41 bits per heavy atom. The van der Waals surface area contributed by atoms with Crippen LogP contribution in [0.5, 0.6) is 0 Å². The van der Waals surface area contributed by atoms with E-state index in [1.807, 2.05) is 30.3 Å². The first-order chi connectivity index (χ1) is 8.09. The maximum atomic E-state index is 10.9. The van der Waals surface area contributed by atoms with E-state index in [9.17, 15) is 9.59 Å². The zero-order chi connectivity index (χ0) is 12.7. The SMILES string of the molecule is O=C(O)CCC(NSc1ccccc1)C(=O)O.